The van der Waals surface area contributed by atoms with Crippen LogP contribution in [0.5, 0.6) is 0 Å². The van der Waals surface area contributed by atoms with Gasteiger partial charge in [-0.1, -0.05) is 6.07 Å². The maximum absolute atomic E-state index is 11.8. The molecular weight excluding hydrogens is 352 g/mol. The van der Waals surface area contributed by atoms with Crippen LogP contribution >= 0.6 is 0 Å². The number of nitrogens with one attached hydrogen (secondary N) is 1. The minimum atomic E-state index is 0.121. The lowest BCUT2D eigenvalue weighted by molar-refractivity contribution is -0.129. The summed E-state index contributed by atoms with van der Waals surface area (Å²) in [4.78, 5) is 16.0. The second-order valence-electron chi connectivity index (χ2n) is 7.71. The number of rotatable bonds is 2. The standard InChI is InChI=1S/C21H24N6O/c1-13-17(11-22-25(13)3)15-4-5-20-16(10-15)6-9-27(20)21-18-12-26(14(2)28)8-7-19(18)23-24-21/h4-5,10-11H,6-9,12H2,1-3H3,(H,23,24). The highest BCUT2D eigenvalue weighted by atomic mass is 16.2. The van der Waals surface area contributed by atoms with Gasteiger partial charge in [0.2, 0.25) is 5.91 Å². The number of benzene rings is 1. The van der Waals surface area contributed by atoms with Gasteiger partial charge in [0.05, 0.1) is 12.7 Å². The van der Waals surface area contributed by atoms with Crippen LogP contribution in [0.2, 0.25) is 0 Å². The normalized spacial score (nSPS) is 15.7. The van der Waals surface area contributed by atoms with E-state index in [-0.39, 0.29) is 5.91 Å². The number of anilines is 2. The van der Waals surface area contributed by atoms with Crippen LogP contribution in [0.4, 0.5) is 11.5 Å². The molecule has 2 aliphatic heterocycles. The molecule has 0 atom stereocenters. The Morgan fingerprint density at radius 1 is 1.21 bits per heavy atom. The highest BCUT2D eigenvalue weighted by molar-refractivity contribution is 5.77. The molecule has 5 rings (SSSR count). The zero-order valence-electron chi connectivity index (χ0n) is 16.5. The first kappa shape index (κ1) is 17.0. The number of carbonyl (C=O) groups is 1. The van der Waals surface area contributed by atoms with E-state index >= 15 is 0 Å². The fraction of sp³-hybridized carbons (Fsp3) is 0.381. The molecule has 1 aromatic carbocycles. The predicted octanol–water partition coefficient (Wildman–Crippen LogP) is 2.72. The number of hydrogen-bond acceptors (Lipinski definition) is 4. The molecule has 1 amide bonds. The third kappa shape index (κ3) is 2.53. The first-order chi connectivity index (χ1) is 13.5. The van der Waals surface area contributed by atoms with Crippen molar-refractivity contribution < 1.29 is 4.79 Å². The lowest BCUT2D eigenvalue weighted by Gasteiger charge is -2.27. The highest BCUT2D eigenvalue weighted by Gasteiger charge is 2.30. The summed E-state index contributed by atoms with van der Waals surface area (Å²) in [6.45, 7) is 6.03. The number of fused-ring (bicyclic) bond motifs is 2. The topological polar surface area (TPSA) is 70.1 Å². The molecule has 7 heteroatoms. The van der Waals surface area contributed by atoms with Crippen molar-refractivity contribution in [3.8, 4) is 11.1 Å². The smallest absolute Gasteiger partial charge is 0.219 e. The third-order valence-corrected chi connectivity index (χ3v) is 6.13. The summed E-state index contributed by atoms with van der Waals surface area (Å²) >= 11 is 0. The second kappa shape index (κ2) is 6.22. The Morgan fingerprint density at radius 3 is 2.82 bits per heavy atom. The van der Waals surface area contributed by atoms with E-state index in [4.69, 9.17) is 0 Å². The number of aryl methyl sites for hydroxylation is 1. The molecule has 0 spiro atoms. The van der Waals surface area contributed by atoms with Gasteiger partial charge in [-0.2, -0.15) is 10.2 Å². The molecule has 28 heavy (non-hydrogen) atoms. The molecule has 144 valence electrons. The lowest BCUT2D eigenvalue weighted by atomic mass is 10.0. The molecule has 0 fully saturated rings. The van der Waals surface area contributed by atoms with Gasteiger partial charge < -0.3 is 9.80 Å². The summed E-state index contributed by atoms with van der Waals surface area (Å²) < 4.78 is 1.91. The molecule has 2 aromatic heterocycles. The van der Waals surface area contributed by atoms with Crippen molar-refractivity contribution in [2.24, 2.45) is 7.05 Å². The Labute approximate surface area is 164 Å². The highest BCUT2D eigenvalue weighted by Crippen LogP contribution is 2.39. The molecule has 4 heterocycles. The van der Waals surface area contributed by atoms with Crippen molar-refractivity contribution in [3.63, 3.8) is 0 Å². The number of aromatic nitrogens is 4. The van der Waals surface area contributed by atoms with Crippen molar-refractivity contribution in [3.05, 3.63) is 46.9 Å². The van der Waals surface area contributed by atoms with E-state index in [1.807, 2.05) is 22.8 Å². The molecule has 0 unspecified atom stereocenters. The van der Waals surface area contributed by atoms with Crippen molar-refractivity contribution in [1.82, 2.24) is 24.9 Å². The van der Waals surface area contributed by atoms with Crippen LogP contribution in [0.1, 0.15) is 29.4 Å². The summed E-state index contributed by atoms with van der Waals surface area (Å²) in [5.41, 5.74) is 8.40. The zero-order valence-corrected chi connectivity index (χ0v) is 16.5. The molecule has 0 bridgehead atoms. The lowest BCUT2D eigenvalue weighted by Crippen LogP contribution is -2.34. The monoisotopic (exact) mass is 376 g/mol. The molecule has 2 aliphatic rings. The van der Waals surface area contributed by atoms with Gasteiger partial charge in [0.25, 0.3) is 0 Å². The van der Waals surface area contributed by atoms with E-state index in [1.54, 1.807) is 6.92 Å². The van der Waals surface area contributed by atoms with E-state index in [0.29, 0.717) is 6.54 Å². The van der Waals surface area contributed by atoms with Gasteiger partial charge >= 0.3 is 0 Å². The summed E-state index contributed by atoms with van der Waals surface area (Å²) in [7, 11) is 1.97. The number of amides is 1. The Hall–Kier alpha value is -3.09. The molecule has 0 saturated carbocycles. The Kier molecular flexibility index (Phi) is 3.79. The Balaban J connectivity index is 1.49. The van der Waals surface area contributed by atoms with Gasteiger partial charge in [-0.05, 0) is 36.6 Å². The van der Waals surface area contributed by atoms with E-state index in [2.05, 4.69) is 45.3 Å². The van der Waals surface area contributed by atoms with Crippen LogP contribution < -0.4 is 4.90 Å². The summed E-state index contributed by atoms with van der Waals surface area (Å²) in [5, 5.41) is 12.2. The van der Waals surface area contributed by atoms with Gasteiger partial charge in [0, 0.05) is 61.7 Å². The minimum absolute atomic E-state index is 0.121. The SMILES string of the molecule is CC(=O)N1CCc2[nH]nc(N3CCc4cc(-c5cnn(C)c5C)ccc43)c2C1. The summed E-state index contributed by atoms with van der Waals surface area (Å²) in [5.74, 6) is 1.08. The maximum atomic E-state index is 11.8. The van der Waals surface area contributed by atoms with Gasteiger partial charge in [-0.3, -0.25) is 14.6 Å². The van der Waals surface area contributed by atoms with Crippen LogP contribution in [0, 0.1) is 6.92 Å². The third-order valence-electron chi connectivity index (χ3n) is 6.13. The minimum Gasteiger partial charge on any atom is -0.338 e. The van der Waals surface area contributed by atoms with E-state index < -0.39 is 0 Å². The first-order valence-electron chi connectivity index (χ1n) is 9.74. The Bertz CT molecular complexity index is 1080. The Morgan fingerprint density at radius 2 is 2.07 bits per heavy atom. The van der Waals surface area contributed by atoms with E-state index in [9.17, 15) is 4.79 Å². The molecule has 7 nitrogen and oxygen atoms in total. The molecule has 1 N–H and O–H groups in total. The molecular formula is C21H24N6O. The maximum Gasteiger partial charge on any atom is 0.219 e. The van der Waals surface area contributed by atoms with Crippen LogP contribution in [-0.2, 0) is 31.2 Å². The van der Waals surface area contributed by atoms with Crippen LogP contribution in [0.3, 0.4) is 0 Å². The van der Waals surface area contributed by atoms with Gasteiger partial charge in [0.1, 0.15) is 0 Å². The van der Waals surface area contributed by atoms with Gasteiger partial charge in [-0.25, -0.2) is 0 Å². The molecule has 0 saturated heterocycles. The number of hydrogen-bond donors (Lipinski definition) is 1. The van der Waals surface area contributed by atoms with Crippen molar-refractivity contribution in [2.45, 2.75) is 33.2 Å². The van der Waals surface area contributed by atoms with Crippen LogP contribution in [0.25, 0.3) is 11.1 Å². The van der Waals surface area contributed by atoms with Crippen LogP contribution in [-0.4, -0.2) is 43.9 Å². The summed E-state index contributed by atoms with van der Waals surface area (Å²) in [6.07, 6.45) is 3.76. The van der Waals surface area contributed by atoms with Gasteiger partial charge in [0.15, 0.2) is 5.82 Å². The largest absolute Gasteiger partial charge is 0.338 e. The average molecular weight is 376 g/mol. The fourth-order valence-corrected chi connectivity index (χ4v) is 4.34. The second-order valence-corrected chi connectivity index (χ2v) is 7.71. The number of nitrogens with zero attached hydrogens (tertiary/aromatic N) is 5. The van der Waals surface area contributed by atoms with E-state index in [1.165, 1.54) is 28.1 Å². The average Bonchev–Trinajstić information content (AvgIpc) is 3.38. The molecule has 0 radical (unpaired) electrons. The number of H-pyrrole nitrogens is 1. The molecule has 3 aromatic rings. The van der Waals surface area contributed by atoms with Crippen molar-refractivity contribution >= 4 is 17.4 Å². The zero-order chi connectivity index (χ0) is 19.4. The van der Waals surface area contributed by atoms with Gasteiger partial charge in [-0.15, -0.1) is 0 Å². The number of aromatic amines is 1. The quantitative estimate of drug-likeness (QED) is 0.747. The fourth-order valence-electron chi connectivity index (χ4n) is 4.34. The van der Waals surface area contributed by atoms with E-state index in [0.717, 1.165) is 43.0 Å². The van der Waals surface area contributed by atoms with Crippen molar-refractivity contribution in [1.29, 1.82) is 0 Å². The first-order valence-corrected chi connectivity index (χ1v) is 9.74. The van der Waals surface area contributed by atoms with Crippen molar-refractivity contribution in [2.75, 3.05) is 18.0 Å². The predicted molar refractivity (Wildman–Crippen MR) is 107 cm³/mol. The summed E-state index contributed by atoms with van der Waals surface area (Å²) in [6, 6.07) is 6.64. The molecule has 0 aliphatic carbocycles. The number of carbonyl (C=O) groups excluding carboxylic acids is 1. The van der Waals surface area contributed by atoms with Crippen LogP contribution in [0.15, 0.2) is 24.4 Å².